The molecule has 3 rings (SSSR count). The molecule has 0 radical (unpaired) electrons. The molecule has 0 saturated heterocycles. The molecule has 0 amide bonds. The van der Waals surface area contributed by atoms with Crippen LogP contribution in [0.15, 0.2) is 35.4 Å². The molecule has 0 aliphatic heterocycles. The summed E-state index contributed by atoms with van der Waals surface area (Å²) in [5.41, 5.74) is 7.18. The van der Waals surface area contributed by atoms with E-state index in [2.05, 4.69) is 15.0 Å². The number of nitrogens with two attached hydrogens (primary N) is 1. The zero-order valence-corrected chi connectivity index (χ0v) is 16.0. The number of ether oxygens (including phenoxy) is 1. The first kappa shape index (κ1) is 19.0. The second-order valence-corrected chi connectivity index (χ2v) is 7.20. The number of nitrogens with one attached hydrogen (secondary N) is 1. The van der Waals surface area contributed by atoms with Gasteiger partial charge >= 0.3 is 4.87 Å². The molecule has 0 aliphatic rings. The van der Waals surface area contributed by atoms with Crippen LogP contribution in [0.3, 0.4) is 0 Å². The lowest BCUT2D eigenvalue weighted by atomic mass is 10.1. The molecule has 2 heterocycles. The van der Waals surface area contributed by atoms with Crippen molar-refractivity contribution < 1.29 is 9.84 Å². The maximum atomic E-state index is 11.2. The zero-order valence-electron chi connectivity index (χ0n) is 14.5. The van der Waals surface area contributed by atoms with Gasteiger partial charge in [0.2, 0.25) is 5.88 Å². The Bertz CT molecular complexity index is 973. The van der Waals surface area contributed by atoms with Gasteiger partial charge in [0.15, 0.2) is 11.0 Å². The van der Waals surface area contributed by atoms with Crippen molar-refractivity contribution >= 4 is 34.4 Å². The number of aromatic nitrogens is 3. The van der Waals surface area contributed by atoms with Crippen molar-refractivity contribution in [2.45, 2.75) is 6.42 Å². The van der Waals surface area contributed by atoms with Crippen molar-refractivity contribution in [2.75, 3.05) is 30.8 Å². The van der Waals surface area contributed by atoms with E-state index >= 15 is 0 Å². The molecule has 0 fully saturated rings. The van der Waals surface area contributed by atoms with Gasteiger partial charge in [0.25, 0.3) is 0 Å². The Morgan fingerprint density at radius 3 is 2.74 bits per heavy atom. The summed E-state index contributed by atoms with van der Waals surface area (Å²) in [6, 6.07) is 7.48. The van der Waals surface area contributed by atoms with Gasteiger partial charge in [0.1, 0.15) is 24.4 Å². The number of aromatic amines is 1. The monoisotopic (exact) mass is 407 g/mol. The van der Waals surface area contributed by atoms with E-state index in [1.807, 2.05) is 36.2 Å². The average molecular weight is 408 g/mol. The van der Waals surface area contributed by atoms with E-state index in [4.69, 9.17) is 22.1 Å². The van der Waals surface area contributed by atoms with Gasteiger partial charge in [-0.25, -0.2) is 9.97 Å². The predicted molar refractivity (Wildman–Crippen MR) is 106 cm³/mol. The van der Waals surface area contributed by atoms with E-state index in [9.17, 15) is 9.90 Å². The summed E-state index contributed by atoms with van der Waals surface area (Å²) >= 11 is 6.91. The maximum Gasteiger partial charge on any atom is 0.307 e. The van der Waals surface area contributed by atoms with Gasteiger partial charge in [-0.15, -0.1) is 0 Å². The van der Waals surface area contributed by atoms with Gasteiger partial charge in [-0.1, -0.05) is 35.1 Å². The smallest absolute Gasteiger partial charge is 0.307 e. The Hall–Kier alpha value is -2.78. The van der Waals surface area contributed by atoms with Gasteiger partial charge in [0.05, 0.1) is 11.4 Å². The molecule has 10 heteroatoms. The fourth-order valence-corrected chi connectivity index (χ4v) is 3.32. The fourth-order valence-electron chi connectivity index (χ4n) is 2.44. The van der Waals surface area contributed by atoms with Crippen LogP contribution >= 0.6 is 22.9 Å². The number of halogens is 1. The zero-order chi connectivity index (χ0) is 19.4. The number of rotatable bonds is 7. The van der Waals surface area contributed by atoms with Gasteiger partial charge < -0.3 is 20.5 Å². The summed E-state index contributed by atoms with van der Waals surface area (Å²) in [4.78, 5) is 23.7. The third-order valence-electron chi connectivity index (χ3n) is 3.86. The van der Waals surface area contributed by atoms with Crippen molar-refractivity contribution in [3.8, 4) is 11.6 Å². The van der Waals surface area contributed by atoms with E-state index in [-0.39, 0.29) is 15.9 Å². The Balaban J connectivity index is 1.53. The average Bonchev–Trinajstić information content (AvgIpc) is 2.96. The predicted octanol–water partition coefficient (Wildman–Crippen LogP) is 2.27. The van der Waals surface area contributed by atoms with Crippen molar-refractivity contribution in [2.24, 2.45) is 0 Å². The lowest BCUT2D eigenvalue weighted by molar-refractivity contribution is 0.325. The van der Waals surface area contributed by atoms with Crippen LogP contribution in [0.5, 0.6) is 11.6 Å². The molecule has 1 aromatic carbocycles. The van der Waals surface area contributed by atoms with Crippen LogP contribution in [0.1, 0.15) is 10.4 Å². The van der Waals surface area contributed by atoms with Crippen molar-refractivity contribution in [3.63, 3.8) is 0 Å². The molecule has 27 heavy (non-hydrogen) atoms. The third kappa shape index (κ3) is 4.69. The molecule has 4 N–H and O–H groups in total. The minimum Gasteiger partial charge on any atom is -0.494 e. The molecule has 8 nitrogen and oxygen atoms in total. The van der Waals surface area contributed by atoms with Crippen LogP contribution < -0.4 is 20.2 Å². The SMILES string of the molecule is CN(CCOc1ccc(Cc2sc(=O)[nH]c2O)cc1)c1ncnc(Cl)c1N. The molecule has 3 aromatic rings. The summed E-state index contributed by atoms with van der Waals surface area (Å²) < 4.78 is 5.74. The lowest BCUT2D eigenvalue weighted by Gasteiger charge is -2.20. The fraction of sp³-hybridized carbons (Fsp3) is 0.235. The number of nitrogen functional groups attached to an aromatic ring is 1. The van der Waals surface area contributed by atoms with Crippen LogP contribution in [0.25, 0.3) is 0 Å². The molecule has 0 saturated carbocycles. The summed E-state index contributed by atoms with van der Waals surface area (Å²) in [6.45, 7) is 0.988. The second-order valence-electron chi connectivity index (χ2n) is 5.78. The van der Waals surface area contributed by atoms with Crippen molar-refractivity contribution in [3.05, 3.63) is 55.9 Å². The van der Waals surface area contributed by atoms with Crippen LogP contribution in [0.4, 0.5) is 11.5 Å². The van der Waals surface area contributed by atoms with E-state index in [0.717, 1.165) is 16.9 Å². The van der Waals surface area contributed by atoms with E-state index < -0.39 is 0 Å². The summed E-state index contributed by atoms with van der Waals surface area (Å²) in [6.07, 6.45) is 1.84. The van der Waals surface area contributed by atoms with Crippen LogP contribution in [0, 0.1) is 0 Å². The van der Waals surface area contributed by atoms with Gasteiger partial charge in [-0.2, -0.15) is 0 Å². The Kier molecular flexibility index (Phi) is 5.82. The van der Waals surface area contributed by atoms with Gasteiger partial charge in [-0.05, 0) is 17.7 Å². The number of hydrogen-bond donors (Lipinski definition) is 3. The quantitative estimate of drug-likeness (QED) is 0.514. The number of anilines is 2. The molecule has 0 spiro atoms. The Labute approximate surface area is 164 Å². The van der Waals surface area contributed by atoms with Crippen LogP contribution in [0.2, 0.25) is 5.15 Å². The first-order valence-electron chi connectivity index (χ1n) is 8.04. The van der Waals surface area contributed by atoms with Crippen molar-refractivity contribution in [1.82, 2.24) is 15.0 Å². The molecule has 0 aliphatic carbocycles. The van der Waals surface area contributed by atoms with Crippen LogP contribution in [-0.4, -0.2) is 40.3 Å². The topological polar surface area (TPSA) is 117 Å². The highest BCUT2D eigenvalue weighted by Gasteiger charge is 2.11. The normalized spacial score (nSPS) is 10.7. The summed E-state index contributed by atoms with van der Waals surface area (Å²) in [5.74, 6) is 1.20. The van der Waals surface area contributed by atoms with E-state index in [1.54, 1.807) is 0 Å². The minimum absolute atomic E-state index is 0.0718. The molecule has 142 valence electrons. The Morgan fingerprint density at radius 1 is 1.33 bits per heavy atom. The minimum atomic E-state index is -0.266. The number of likely N-dealkylation sites (N-methyl/N-ethyl adjacent to an activating group) is 1. The Morgan fingerprint density at radius 2 is 2.07 bits per heavy atom. The van der Waals surface area contributed by atoms with Crippen molar-refractivity contribution in [1.29, 1.82) is 0 Å². The molecular formula is C17H18ClN5O3S. The van der Waals surface area contributed by atoms with E-state index in [1.165, 1.54) is 6.33 Å². The number of thiazole rings is 1. The summed E-state index contributed by atoms with van der Waals surface area (Å²) in [7, 11) is 1.84. The number of hydrogen-bond acceptors (Lipinski definition) is 8. The molecule has 0 unspecified atom stereocenters. The summed E-state index contributed by atoms with van der Waals surface area (Å²) in [5, 5.41) is 9.87. The number of H-pyrrole nitrogens is 1. The molecule has 2 aromatic heterocycles. The highest BCUT2D eigenvalue weighted by atomic mass is 35.5. The van der Waals surface area contributed by atoms with Crippen LogP contribution in [-0.2, 0) is 6.42 Å². The number of benzene rings is 1. The maximum absolute atomic E-state index is 11.2. The van der Waals surface area contributed by atoms with E-state index in [0.29, 0.717) is 41.7 Å². The first-order valence-corrected chi connectivity index (χ1v) is 9.23. The standard InChI is InChI=1S/C17H18ClN5O3S/c1-23(15-13(19)14(18)20-9-21-15)6-7-26-11-4-2-10(3-5-11)8-12-16(24)22-17(25)27-12/h2-5,9,24H,6-8,19H2,1H3,(H,22,25). The molecule has 0 bridgehead atoms. The highest BCUT2D eigenvalue weighted by molar-refractivity contribution is 7.09. The molecule has 0 atom stereocenters. The third-order valence-corrected chi connectivity index (χ3v) is 5.03. The second kappa shape index (κ2) is 8.28. The van der Waals surface area contributed by atoms with Gasteiger partial charge in [0, 0.05) is 13.5 Å². The highest BCUT2D eigenvalue weighted by Crippen LogP contribution is 2.25. The largest absolute Gasteiger partial charge is 0.494 e. The first-order chi connectivity index (χ1) is 12.9. The molecular weight excluding hydrogens is 390 g/mol. The number of nitrogens with zero attached hydrogens (tertiary/aromatic N) is 3. The van der Waals surface area contributed by atoms with Gasteiger partial charge in [-0.3, -0.25) is 9.78 Å². The number of aromatic hydroxyl groups is 1. The lowest BCUT2D eigenvalue weighted by Crippen LogP contribution is -2.25.